The molecule has 1 nitrogen and oxygen atoms in total. The summed E-state index contributed by atoms with van der Waals surface area (Å²) in [5.74, 6) is 2.04. The van der Waals surface area contributed by atoms with Crippen molar-refractivity contribution in [2.24, 2.45) is 5.92 Å². The van der Waals surface area contributed by atoms with Crippen LogP contribution in [0.5, 0.6) is 5.75 Å². The van der Waals surface area contributed by atoms with E-state index in [0.717, 1.165) is 18.6 Å². The summed E-state index contributed by atoms with van der Waals surface area (Å²) in [5, 5.41) is 0. The van der Waals surface area contributed by atoms with Crippen molar-refractivity contribution in [3.63, 3.8) is 0 Å². The molecule has 0 saturated heterocycles. The first kappa shape index (κ1) is 14.9. The molecule has 0 spiro atoms. The van der Waals surface area contributed by atoms with Crippen molar-refractivity contribution in [2.75, 3.05) is 13.0 Å². The van der Waals surface area contributed by atoms with Gasteiger partial charge in [-0.3, -0.25) is 0 Å². The van der Waals surface area contributed by atoms with Gasteiger partial charge in [0, 0.05) is 10.8 Å². The lowest BCUT2D eigenvalue weighted by Crippen LogP contribution is -2.10. The minimum Gasteiger partial charge on any atom is -0.496 e. The van der Waals surface area contributed by atoms with E-state index in [1.54, 1.807) is 18.4 Å². The van der Waals surface area contributed by atoms with Crippen molar-refractivity contribution in [1.82, 2.24) is 0 Å². The van der Waals surface area contributed by atoms with Crippen LogP contribution in [0.3, 0.4) is 0 Å². The van der Waals surface area contributed by atoms with Gasteiger partial charge in [0.15, 0.2) is 0 Å². The number of hydrogen-bond acceptors (Lipinski definition) is 2. The van der Waals surface area contributed by atoms with Crippen LogP contribution in [0.2, 0.25) is 0 Å². The number of hydrogen-bond donors (Lipinski definition) is 0. The van der Waals surface area contributed by atoms with E-state index in [2.05, 4.69) is 34.1 Å². The first-order chi connectivity index (χ1) is 9.22. The fourth-order valence-corrected chi connectivity index (χ4v) is 3.93. The Hall–Kier alpha value is -0.510. The molecule has 0 N–H and O–H groups in total. The summed E-state index contributed by atoms with van der Waals surface area (Å²) in [6.07, 6.45) is 1.96. The predicted molar refractivity (Wildman–Crippen MR) is 86.6 cm³/mol. The number of halogens is 2. The summed E-state index contributed by atoms with van der Waals surface area (Å²) in [4.78, 5) is 1.37. The van der Waals surface area contributed by atoms with Gasteiger partial charge >= 0.3 is 0 Å². The van der Waals surface area contributed by atoms with Crippen LogP contribution in [0.4, 0.5) is 0 Å². The maximum atomic E-state index is 6.12. The van der Waals surface area contributed by atoms with Gasteiger partial charge in [0.2, 0.25) is 0 Å². The first-order valence-electron chi connectivity index (χ1n) is 6.15. The van der Waals surface area contributed by atoms with Crippen molar-refractivity contribution in [2.45, 2.75) is 12.8 Å². The Labute approximate surface area is 131 Å². The van der Waals surface area contributed by atoms with Crippen LogP contribution in [0, 0.1) is 5.92 Å². The maximum Gasteiger partial charge on any atom is 0.122 e. The molecule has 0 fully saturated rings. The fraction of sp³-hybridized carbons (Fsp3) is 0.333. The van der Waals surface area contributed by atoms with Crippen LogP contribution in [-0.4, -0.2) is 13.0 Å². The lowest BCUT2D eigenvalue weighted by Gasteiger charge is -2.15. The molecule has 0 bridgehead atoms. The average Bonchev–Trinajstić information content (AvgIpc) is 2.84. The van der Waals surface area contributed by atoms with E-state index in [1.807, 2.05) is 18.2 Å². The first-order valence-corrected chi connectivity index (χ1v) is 8.29. The zero-order chi connectivity index (χ0) is 13.7. The van der Waals surface area contributed by atoms with Crippen LogP contribution < -0.4 is 4.74 Å². The Morgan fingerprint density at radius 2 is 2.00 bits per heavy atom. The second kappa shape index (κ2) is 7.32. The van der Waals surface area contributed by atoms with E-state index in [4.69, 9.17) is 16.3 Å². The molecule has 0 amide bonds. The maximum absolute atomic E-state index is 6.12. The molecule has 19 heavy (non-hydrogen) atoms. The fourth-order valence-electron chi connectivity index (χ4n) is 2.11. The summed E-state index contributed by atoms with van der Waals surface area (Å²) >= 11 is 11.4. The molecule has 102 valence electrons. The Morgan fingerprint density at radius 1 is 1.21 bits per heavy atom. The number of rotatable bonds is 6. The molecule has 0 saturated carbocycles. The van der Waals surface area contributed by atoms with Crippen molar-refractivity contribution in [1.29, 1.82) is 0 Å². The van der Waals surface area contributed by atoms with E-state index in [1.165, 1.54) is 14.2 Å². The minimum absolute atomic E-state index is 0.434. The van der Waals surface area contributed by atoms with Crippen LogP contribution in [-0.2, 0) is 12.8 Å². The molecule has 0 aliphatic heterocycles. The smallest absolute Gasteiger partial charge is 0.122 e. The Balaban J connectivity index is 2.06. The second-order valence-electron chi connectivity index (χ2n) is 4.45. The van der Waals surface area contributed by atoms with Gasteiger partial charge in [-0.25, -0.2) is 0 Å². The third-order valence-corrected chi connectivity index (χ3v) is 5.12. The normalized spacial score (nSPS) is 12.4. The van der Waals surface area contributed by atoms with E-state index in [9.17, 15) is 0 Å². The lowest BCUT2D eigenvalue weighted by molar-refractivity contribution is 0.405. The highest BCUT2D eigenvalue weighted by molar-refractivity contribution is 9.11. The molecule has 2 rings (SSSR count). The van der Waals surface area contributed by atoms with E-state index >= 15 is 0 Å². The van der Waals surface area contributed by atoms with Gasteiger partial charge in [-0.15, -0.1) is 22.9 Å². The molecule has 1 aromatic heterocycles. The average molecular weight is 360 g/mol. The Kier molecular flexibility index (Phi) is 5.74. The summed E-state index contributed by atoms with van der Waals surface area (Å²) in [5.41, 5.74) is 1.23. The molecular weight excluding hydrogens is 344 g/mol. The summed E-state index contributed by atoms with van der Waals surface area (Å²) in [6.45, 7) is 0. The van der Waals surface area contributed by atoms with Crippen molar-refractivity contribution in [3.8, 4) is 5.75 Å². The van der Waals surface area contributed by atoms with E-state index in [-0.39, 0.29) is 0 Å². The zero-order valence-electron chi connectivity index (χ0n) is 10.7. The van der Waals surface area contributed by atoms with E-state index in [0.29, 0.717) is 11.8 Å². The van der Waals surface area contributed by atoms with Crippen molar-refractivity contribution < 1.29 is 4.74 Å². The number of alkyl halides is 1. The SMILES string of the molecule is COc1ccccc1CC(CCl)Cc1ccc(Br)s1. The molecule has 1 heterocycles. The Bertz CT molecular complexity index is 526. The summed E-state index contributed by atoms with van der Waals surface area (Å²) in [7, 11) is 1.71. The highest BCUT2D eigenvalue weighted by Gasteiger charge is 2.13. The number of ether oxygens (including phenoxy) is 1. The minimum atomic E-state index is 0.434. The van der Waals surface area contributed by atoms with Gasteiger partial charge < -0.3 is 4.74 Å². The molecule has 0 aliphatic rings. The third kappa shape index (κ3) is 4.23. The topological polar surface area (TPSA) is 9.23 Å². The van der Waals surface area contributed by atoms with Crippen LogP contribution in [0.15, 0.2) is 40.2 Å². The summed E-state index contributed by atoms with van der Waals surface area (Å²) in [6, 6.07) is 12.4. The number of thiophene rings is 1. The lowest BCUT2D eigenvalue weighted by atomic mass is 9.96. The molecule has 4 heteroatoms. The van der Waals surface area contributed by atoms with Crippen molar-refractivity contribution >= 4 is 38.9 Å². The molecule has 1 atom stereocenters. The largest absolute Gasteiger partial charge is 0.496 e. The van der Waals surface area contributed by atoms with Crippen LogP contribution in [0.25, 0.3) is 0 Å². The standard InChI is InChI=1S/C15H16BrClOS/c1-18-14-5-3-2-4-12(14)8-11(10-17)9-13-6-7-15(16)19-13/h2-7,11H,8-10H2,1H3. The van der Waals surface area contributed by atoms with Gasteiger partial charge in [0.25, 0.3) is 0 Å². The number of methoxy groups -OCH3 is 1. The third-order valence-electron chi connectivity index (χ3n) is 3.04. The molecule has 0 aliphatic carbocycles. The monoisotopic (exact) mass is 358 g/mol. The molecule has 1 unspecified atom stereocenters. The molecule has 1 aromatic carbocycles. The second-order valence-corrected chi connectivity index (χ2v) is 7.30. The highest BCUT2D eigenvalue weighted by atomic mass is 79.9. The van der Waals surface area contributed by atoms with Crippen molar-refractivity contribution in [3.05, 3.63) is 50.6 Å². The van der Waals surface area contributed by atoms with E-state index < -0.39 is 0 Å². The van der Waals surface area contributed by atoms with Gasteiger partial charge in [0.05, 0.1) is 10.9 Å². The number of benzene rings is 1. The summed E-state index contributed by atoms with van der Waals surface area (Å²) < 4.78 is 6.57. The van der Waals surface area contributed by atoms with Gasteiger partial charge in [-0.1, -0.05) is 18.2 Å². The van der Waals surface area contributed by atoms with Gasteiger partial charge in [-0.2, -0.15) is 0 Å². The zero-order valence-corrected chi connectivity index (χ0v) is 13.9. The quantitative estimate of drug-likeness (QED) is 0.647. The molecule has 2 aromatic rings. The van der Waals surface area contributed by atoms with Gasteiger partial charge in [-0.05, 0) is 58.5 Å². The van der Waals surface area contributed by atoms with Crippen LogP contribution in [0.1, 0.15) is 10.4 Å². The Morgan fingerprint density at radius 3 is 2.63 bits per heavy atom. The number of para-hydroxylation sites is 1. The molecule has 0 radical (unpaired) electrons. The van der Waals surface area contributed by atoms with Crippen LogP contribution >= 0.6 is 38.9 Å². The predicted octanol–water partition coefficient (Wildman–Crippen LogP) is 5.16. The molecular formula is C15H16BrClOS. The highest BCUT2D eigenvalue weighted by Crippen LogP contribution is 2.28. The van der Waals surface area contributed by atoms with Gasteiger partial charge in [0.1, 0.15) is 5.75 Å².